The van der Waals surface area contributed by atoms with Crippen LogP contribution in [-0.2, 0) is 6.54 Å². The van der Waals surface area contributed by atoms with Crippen LogP contribution in [0.2, 0.25) is 0 Å². The first-order chi connectivity index (χ1) is 10.2. The molecule has 21 heavy (non-hydrogen) atoms. The maximum atomic E-state index is 12.1. The van der Waals surface area contributed by atoms with Gasteiger partial charge in [-0.1, -0.05) is 24.8 Å². The second kappa shape index (κ2) is 5.31. The van der Waals surface area contributed by atoms with Gasteiger partial charge in [0.25, 0.3) is 0 Å². The van der Waals surface area contributed by atoms with Crippen molar-refractivity contribution >= 4 is 5.78 Å². The van der Waals surface area contributed by atoms with Crippen molar-refractivity contribution in [2.75, 3.05) is 0 Å². The predicted molar refractivity (Wildman–Crippen MR) is 79.7 cm³/mol. The van der Waals surface area contributed by atoms with Crippen molar-refractivity contribution in [3.8, 4) is 17.9 Å². The highest BCUT2D eigenvalue weighted by atomic mass is 16.1. The second-order valence-electron chi connectivity index (χ2n) is 5.30. The lowest BCUT2D eigenvalue weighted by atomic mass is 9.97. The summed E-state index contributed by atoms with van der Waals surface area (Å²) in [6.07, 6.45) is 2.82. The molecule has 0 bridgehead atoms. The van der Waals surface area contributed by atoms with Gasteiger partial charge in [0.1, 0.15) is 0 Å². The van der Waals surface area contributed by atoms with Crippen LogP contribution in [0, 0.1) is 29.1 Å². The molecule has 1 atom stereocenters. The van der Waals surface area contributed by atoms with Gasteiger partial charge >= 0.3 is 0 Å². The summed E-state index contributed by atoms with van der Waals surface area (Å²) < 4.78 is 1.98. The first kappa shape index (κ1) is 13.2. The van der Waals surface area contributed by atoms with Crippen LogP contribution in [0.5, 0.6) is 0 Å². The fourth-order valence-electron chi connectivity index (χ4n) is 2.50. The Kier molecular flexibility index (Phi) is 3.34. The van der Waals surface area contributed by atoms with E-state index in [1.807, 2.05) is 35.9 Å². The highest BCUT2D eigenvalue weighted by Gasteiger charge is 2.24. The number of carbonyl (C=O) groups is 1. The van der Waals surface area contributed by atoms with Crippen LogP contribution in [0.15, 0.2) is 36.5 Å². The van der Waals surface area contributed by atoms with Crippen molar-refractivity contribution in [2.24, 2.45) is 5.92 Å². The Morgan fingerprint density at radius 1 is 1.19 bits per heavy atom. The summed E-state index contributed by atoms with van der Waals surface area (Å²) in [4.78, 5) is 12.1. The lowest BCUT2D eigenvalue weighted by molar-refractivity contribution is 0.0891. The van der Waals surface area contributed by atoms with E-state index in [-0.39, 0.29) is 11.7 Å². The van der Waals surface area contributed by atoms with Gasteiger partial charge in [0.2, 0.25) is 0 Å². The molecule has 1 unspecified atom stereocenters. The fourth-order valence-corrected chi connectivity index (χ4v) is 2.50. The van der Waals surface area contributed by atoms with Gasteiger partial charge in [-0.15, -0.1) is 0 Å². The summed E-state index contributed by atoms with van der Waals surface area (Å²) in [7, 11) is 0. The Morgan fingerprint density at radius 2 is 1.95 bits per heavy atom. The lowest BCUT2D eigenvalue weighted by Crippen LogP contribution is -2.23. The summed E-state index contributed by atoms with van der Waals surface area (Å²) in [6.45, 7) is 2.84. The van der Waals surface area contributed by atoms with Crippen molar-refractivity contribution in [1.82, 2.24) is 4.57 Å². The van der Waals surface area contributed by atoms with Gasteiger partial charge in [0.15, 0.2) is 5.78 Å². The molecular formula is C18H14N2O. The molecular weight excluding hydrogens is 260 g/mol. The molecule has 1 aromatic carbocycles. The monoisotopic (exact) mass is 274 g/mol. The smallest absolute Gasteiger partial charge is 0.182 e. The predicted octanol–water partition coefficient (Wildman–Crippen LogP) is 2.98. The Balaban J connectivity index is 1.90. The number of carbonyl (C=O) groups excluding carboxylic acids is 1. The summed E-state index contributed by atoms with van der Waals surface area (Å²) in [5.74, 6) is 6.41. The maximum absolute atomic E-state index is 12.1. The third kappa shape index (κ3) is 2.59. The zero-order chi connectivity index (χ0) is 14.8. The molecule has 1 aliphatic heterocycles. The molecule has 0 radical (unpaired) electrons. The van der Waals surface area contributed by atoms with Crippen LogP contribution < -0.4 is 0 Å². The van der Waals surface area contributed by atoms with E-state index in [9.17, 15) is 4.79 Å². The second-order valence-corrected chi connectivity index (χ2v) is 5.30. The number of rotatable bonds is 0. The van der Waals surface area contributed by atoms with Gasteiger partial charge in [0, 0.05) is 29.8 Å². The summed E-state index contributed by atoms with van der Waals surface area (Å²) in [5, 5.41) is 8.87. The van der Waals surface area contributed by atoms with E-state index in [0.29, 0.717) is 5.56 Å². The van der Waals surface area contributed by atoms with Crippen molar-refractivity contribution in [3.05, 3.63) is 58.9 Å². The highest BCUT2D eigenvalue weighted by molar-refractivity contribution is 5.97. The molecule has 1 aromatic heterocycles. The van der Waals surface area contributed by atoms with Crippen LogP contribution in [0.4, 0.5) is 0 Å². The number of benzene rings is 1. The average molecular weight is 274 g/mol. The SMILES string of the molecule is CC1CCn2cc(C#Cc3cccc(C#N)c3)cc2C1=O. The zero-order valence-corrected chi connectivity index (χ0v) is 11.8. The maximum Gasteiger partial charge on any atom is 0.182 e. The Morgan fingerprint density at radius 3 is 2.76 bits per heavy atom. The first-order valence-electron chi connectivity index (χ1n) is 6.94. The molecule has 0 N–H and O–H groups in total. The van der Waals surface area contributed by atoms with E-state index in [1.54, 1.807) is 12.1 Å². The molecule has 0 saturated carbocycles. The van der Waals surface area contributed by atoms with Gasteiger partial charge in [-0.3, -0.25) is 4.79 Å². The molecule has 102 valence electrons. The van der Waals surface area contributed by atoms with Crippen LogP contribution >= 0.6 is 0 Å². The van der Waals surface area contributed by atoms with Gasteiger partial charge in [-0.2, -0.15) is 5.26 Å². The number of aryl methyl sites for hydroxylation is 1. The van der Waals surface area contributed by atoms with E-state index in [0.717, 1.165) is 29.8 Å². The number of nitrogens with zero attached hydrogens (tertiary/aromatic N) is 2. The number of nitriles is 1. The number of fused-ring (bicyclic) bond motifs is 1. The summed E-state index contributed by atoms with van der Waals surface area (Å²) in [5.41, 5.74) is 3.00. The molecule has 2 aromatic rings. The third-order valence-corrected chi connectivity index (χ3v) is 3.74. The molecule has 0 aliphatic carbocycles. The molecule has 3 nitrogen and oxygen atoms in total. The average Bonchev–Trinajstić information content (AvgIpc) is 2.93. The van der Waals surface area contributed by atoms with Gasteiger partial charge in [0.05, 0.1) is 17.3 Å². The normalized spacial score (nSPS) is 16.6. The minimum atomic E-state index is 0.0977. The molecule has 0 fully saturated rings. The number of ketones is 1. The minimum Gasteiger partial charge on any atom is -0.344 e. The lowest BCUT2D eigenvalue weighted by Gasteiger charge is -2.19. The van der Waals surface area contributed by atoms with Crippen molar-refractivity contribution < 1.29 is 4.79 Å². The van der Waals surface area contributed by atoms with Gasteiger partial charge in [-0.05, 0) is 30.7 Å². The van der Waals surface area contributed by atoms with Crippen LogP contribution in [0.1, 0.15) is 40.5 Å². The number of aromatic nitrogens is 1. The van der Waals surface area contributed by atoms with E-state index in [2.05, 4.69) is 17.9 Å². The fraction of sp³-hybridized carbons (Fsp3) is 0.222. The molecule has 0 spiro atoms. The van der Waals surface area contributed by atoms with Crippen molar-refractivity contribution in [1.29, 1.82) is 5.26 Å². The topological polar surface area (TPSA) is 45.8 Å². The largest absolute Gasteiger partial charge is 0.344 e. The van der Waals surface area contributed by atoms with Crippen LogP contribution in [0.3, 0.4) is 0 Å². The standard InChI is InChI=1S/C18H14N2O/c1-13-7-8-20-12-16(10-17(20)18(13)21)6-5-14-3-2-4-15(9-14)11-19/h2-4,9-10,12-13H,7-8H2,1H3. The minimum absolute atomic E-state index is 0.0977. The Hall–Kier alpha value is -2.78. The van der Waals surface area contributed by atoms with Gasteiger partial charge in [-0.25, -0.2) is 0 Å². The number of hydrogen-bond acceptors (Lipinski definition) is 2. The first-order valence-corrected chi connectivity index (χ1v) is 6.94. The molecule has 1 aliphatic rings. The number of Topliss-reactive ketones (excluding diaryl/α,β-unsaturated/α-hetero) is 1. The number of hydrogen-bond donors (Lipinski definition) is 0. The van der Waals surface area contributed by atoms with Crippen molar-refractivity contribution in [3.63, 3.8) is 0 Å². The van der Waals surface area contributed by atoms with Crippen LogP contribution in [0.25, 0.3) is 0 Å². The summed E-state index contributed by atoms with van der Waals surface area (Å²) in [6, 6.07) is 11.2. The molecule has 3 heteroatoms. The van der Waals surface area contributed by atoms with E-state index in [4.69, 9.17) is 5.26 Å². The Labute approximate surface area is 123 Å². The van der Waals surface area contributed by atoms with E-state index < -0.39 is 0 Å². The third-order valence-electron chi connectivity index (χ3n) is 3.74. The highest BCUT2D eigenvalue weighted by Crippen LogP contribution is 2.22. The molecule has 3 rings (SSSR count). The Bertz CT molecular complexity index is 812. The van der Waals surface area contributed by atoms with Gasteiger partial charge < -0.3 is 4.57 Å². The van der Waals surface area contributed by atoms with E-state index >= 15 is 0 Å². The molecule has 0 saturated heterocycles. The van der Waals surface area contributed by atoms with Crippen molar-refractivity contribution in [2.45, 2.75) is 19.9 Å². The summed E-state index contributed by atoms with van der Waals surface area (Å²) >= 11 is 0. The molecule has 2 heterocycles. The quantitative estimate of drug-likeness (QED) is 0.693. The molecule has 0 amide bonds. The zero-order valence-electron chi connectivity index (χ0n) is 11.8. The van der Waals surface area contributed by atoms with E-state index in [1.165, 1.54) is 0 Å². The van der Waals surface area contributed by atoms with Crippen LogP contribution in [-0.4, -0.2) is 10.4 Å².